The second-order valence-corrected chi connectivity index (χ2v) is 9.41. The maximum Gasteiger partial charge on any atom is 0.522 e. The number of amides is 2. The normalized spacial score (nSPS) is 17.9. The lowest BCUT2D eigenvalue weighted by Gasteiger charge is -2.40. The molecule has 15 heteroatoms. The fourth-order valence-corrected chi connectivity index (χ4v) is 5.14. The number of aromatic nitrogens is 1. The van der Waals surface area contributed by atoms with Crippen LogP contribution in [0.4, 0.5) is 37.0 Å². The highest BCUT2D eigenvalue weighted by Crippen LogP contribution is 2.40. The Morgan fingerprint density at radius 1 is 1.17 bits per heavy atom. The number of piperidine rings is 1. The second kappa shape index (κ2) is 9.92. The van der Waals surface area contributed by atoms with Gasteiger partial charge in [0.05, 0.1) is 28.0 Å². The van der Waals surface area contributed by atoms with E-state index in [0.29, 0.717) is 12.8 Å². The number of hydrogen-bond acceptors (Lipinski definition) is 7. The van der Waals surface area contributed by atoms with Crippen molar-refractivity contribution < 1.29 is 45.4 Å². The number of nitrogens with one attached hydrogen (secondary N) is 1. The number of halogens is 6. The molecule has 0 saturated carbocycles. The Kier molecular flexibility index (Phi) is 7.23. The van der Waals surface area contributed by atoms with Crippen molar-refractivity contribution in [3.05, 3.63) is 22.6 Å². The Morgan fingerprint density at radius 2 is 1.83 bits per heavy atom. The van der Waals surface area contributed by atoms with Gasteiger partial charge >= 0.3 is 18.6 Å². The number of fused-ring (bicyclic) bond motifs is 1. The smallest absolute Gasteiger partial charge is 0.446 e. The Hall–Kier alpha value is -2.81. The number of carbonyl (C=O) groups is 2. The summed E-state index contributed by atoms with van der Waals surface area (Å²) in [6, 6.07) is 0.960. The molecule has 0 aliphatic carbocycles. The third kappa shape index (κ3) is 5.77. The number of anilines is 1. The zero-order chi connectivity index (χ0) is 26.3. The van der Waals surface area contributed by atoms with E-state index in [1.807, 2.05) is 0 Å². The van der Waals surface area contributed by atoms with Crippen molar-refractivity contribution in [2.24, 2.45) is 5.92 Å². The van der Waals surface area contributed by atoms with E-state index in [0.717, 1.165) is 17.4 Å². The van der Waals surface area contributed by atoms with Crippen LogP contribution in [0.3, 0.4) is 0 Å². The summed E-state index contributed by atoms with van der Waals surface area (Å²) in [7, 11) is 1.38. The van der Waals surface area contributed by atoms with Gasteiger partial charge in [-0.2, -0.15) is 13.2 Å². The molecule has 2 aromatic rings. The third-order valence-electron chi connectivity index (χ3n) is 6.02. The summed E-state index contributed by atoms with van der Waals surface area (Å²) in [5, 5.41) is 3.74. The number of alkyl halides is 6. The molecule has 0 radical (unpaired) electrons. The molecule has 0 unspecified atom stereocenters. The first kappa shape index (κ1) is 26.3. The number of ether oxygens (including phenoxy) is 2. The molecule has 4 heterocycles. The first-order valence-electron chi connectivity index (χ1n) is 11.0. The number of rotatable bonds is 5. The van der Waals surface area contributed by atoms with Crippen LogP contribution in [0.2, 0.25) is 0 Å². The highest BCUT2D eigenvalue weighted by molar-refractivity contribution is 7.17. The standard InChI is InChI=1S/C21H22F6N4O4S/c1-28-18(32)13-10-36-17-14(20(22,23)24)6-15(29-16(13)17)30-4-2-12(3-5-30)35-19(33)31-7-11(8-31)9-34-21(25,26)27/h6,10-12H,2-5,7-9H2,1H3,(H,28,32). The van der Waals surface area contributed by atoms with Gasteiger partial charge in [-0.05, 0) is 6.07 Å². The predicted molar refractivity (Wildman–Crippen MR) is 117 cm³/mol. The van der Waals surface area contributed by atoms with E-state index in [4.69, 9.17) is 4.74 Å². The van der Waals surface area contributed by atoms with E-state index < -0.39 is 48.7 Å². The van der Waals surface area contributed by atoms with Crippen molar-refractivity contribution >= 4 is 39.4 Å². The van der Waals surface area contributed by atoms with E-state index >= 15 is 0 Å². The van der Waals surface area contributed by atoms with Gasteiger partial charge in [0.2, 0.25) is 0 Å². The van der Waals surface area contributed by atoms with Gasteiger partial charge in [0.1, 0.15) is 11.9 Å². The zero-order valence-electron chi connectivity index (χ0n) is 18.9. The summed E-state index contributed by atoms with van der Waals surface area (Å²) in [6.07, 6.45) is -9.85. The number of hydrogen-bond donors (Lipinski definition) is 1. The molecule has 2 aliphatic heterocycles. The van der Waals surface area contributed by atoms with Crippen LogP contribution >= 0.6 is 11.3 Å². The molecule has 198 valence electrons. The summed E-state index contributed by atoms with van der Waals surface area (Å²) in [6.45, 7) is 0.164. The second-order valence-electron chi connectivity index (χ2n) is 8.53. The van der Waals surface area contributed by atoms with Gasteiger partial charge < -0.3 is 19.9 Å². The predicted octanol–water partition coefficient (Wildman–Crippen LogP) is 4.25. The van der Waals surface area contributed by atoms with Crippen molar-refractivity contribution in [3.8, 4) is 0 Å². The summed E-state index contributed by atoms with van der Waals surface area (Å²) in [4.78, 5) is 31.6. The number of carbonyl (C=O) groups excluding carboxylic acids is 2. The first-order valence-corrected chi connectivity index (χ1v) is 11.9. The monoisotopic (exact) mass is 540 g/mol. The summed E-state index contributed by atoms with van der Waals surface area (Å²) in [5.74, 6) is -0.900. The van der Waals surface area contributed by atoms with Gasteiger partial charge in [-0.1, -0.05) is 0 Å². The fourth-order valence-electron chi connectivity index (χ4n) is 4.12. The molecule has 2 aliphatic rings. The van der Waals surface area contributed by atoms with Gasteiger partial charge in [-0.25, -0.2) is 9.78 Å². The lowest BCUT2D eigenvalue weighted by molar-refractivity contribution is -0.330. The number of nitrogens with zero attached hydrogens (tertiary/aromatic N) is 3. The van der Waals surface area contributed by atoms with Crippen LogP contribution in [0, 0.1) is 5.92 Å². The van der Waals surface area contributed by atoms with Gasteiger partial charge in [0.15, 0.2) is 0 Å². The molecular weight excluding hydrogens is 518 g/mol. The van der Waals surface area contributed by atoms with Gasteiger partial charge in [-0.15, -0.1) is 24.5 Å². The molecule has 2 amide bonds. The molecule has 4 rings (SSSR count). The number of pyridine rings is 1. The minimum atomic E-state index is -4.72. The average Bonchev–Trinajstić information content (AvgIpc) is 3.19. The van der Waals surface area contributed by atoms with Crippen LogP contribution in [0.15, 0.2) is 11.4 Å². The molecule has 0 atom stereocenters. The largest absolute Gasteiger partial charge is 0.522 e. The van der Waals surface area contributed by atoms with Crippen LogP contribution in [-0.2, 0) is 15.7 Å². The Morgan fingerprint density at radius 3 is 2.42 bits per heavy atom. The van der Waals surface area contributed by atoms with Gasteiger partial charge in [0, 0.05) is 57.4 Å². The topological polar surface area (TPSA) is 84.0 Å². The quantitative estimate of drug-likeness (QED) is 0.572. The lowest BCUT2D eigenvalue weighted by atomic mass is 10.0. The Labute approximate surface area is 205 Å². The van der Waals surface area contributed by atoms with E-state index in [9.17, 15) is 35.9 Å². The van der Waals surface area contributed by atoms with Crippen molar-refractivity contribution in [2.75, 3.05) is 44.7 Å². The molecule has 2 aromatic heterocycles. The van der Waals surface area contributed by atoms with Crippen LogP contribution in [0.1, 0.15) is 28.8 Å². The van der Waals surface area contributed by atoms with E-state index in [1.54, 1.807) is 4.90 Å². The Balaban J connectivity index is 1.37. The third-order valence-corrected chi connectivity index (χ3v) is 7.02. The maximum absolute atomic E-state index is 13.7. The summed E-state index contributed by atoms with van der Waals surface area (Å²) < 4.78 is 86.6. The van der Waals surface area contributed by atoms with Crippen molar-refractivity contribution in [1.29, 1.82) is 0 Å². The summed E-state index contributed by atoms with van der Waals surface area (Å²) in [5.41, 5.74) is -0.847. The molecule has 36 heavy (non-hydrogen) atoms. The molecule has 2 fully saturated rings. The van der Waals surface area contributed by atoms with Crippen molar-refractivity contribution in [1.82, 2.24) is 15.2 Å². The molecular formula is C21H22F6N4O4S. The SMILES string of the molecule is CNC(=O)c1csc2c(C(F)(F)F)cc(N3CCC(OC(=O)N4CC(COC(F)(F)F)C4)CC3)nc12. The Bertz CT molecular complexity index is 1120. The van der Waals surface area contributed by atoms with Crippen LogP contribution in [0.25, 0.3) is 10.2 Å². The molecule has 0 spiro atoms. The minimum absolute atomic E-state index is 0.0282. The van der Waals surface area contributed by atoms with E-state index in [-0.39, 0.29) is 47.8 Å². The number of thiophene rings is 1. The first-order chi connectivity index (χ1) is 16.9. The van der Waals surface area contributed by atoms with Crippen molar-refractivity contribution in [3.63, 3.8) is 0 Å². The maximum atomic E-state index is 13.7. The molecule has 1 N–H and O–H groups in total. The van der Waals surface area contributed by atoms with Crippen LogP contribution < -0.4 is 10.2 Å². The number of likely N-dealkylation sites (tertiary alicyclic amines) is 1. The highest BCUT2D eigenvalue weighted by atomic mass is 32.1. The van der Waals surface area contributed by atoms with Crippen LogP contribution in [-0.4, -0.2) is 74.2 Å². The summed E-state index contributed by atoms with van der Waals surface area (Å²) >= 11 is 0.801. The van der Waals surface area contributed by atoms with E-state index in [2.05, 4.69) is 15.0 Å². The molecule has 0 bridgehead atoms. The molecule has 8 nitrogen and oxygen atoms in total. The van der Waals surface area contributed by atoms with Crippen molar-refractivity contribution in [2.45, 2.75) is 31.5 Å². The van der Waals surface area contributed by atoms with Gasteiger partial charge in [0.25, 0.3) is 5.91 Å². The van der Waals surface area contributed by atoms with E-state index in [1.165, 1.54) is 17.3 Å². The van der Waals surface area contributed by atoms with Crippen LogP contribution in [0.5, 0.6) is 0 Å². The molecule has 2 saturated heterocycles. The molecule has 0 aromatic carbocycles. The lowest BCUT2D eigenvalue weighted by Crippen LogP contribution is -2.53. The zero-order valence-corrected chi connectivity index (χ0v) is 19.7. The minimum Gasteiger partial charge on any atom is -0.446 e. The average molecular weight is 540 g/mol. The fraction of sp³-hybridized carbons (Fsp3) is 0.571. The highest BCUT2D eigenvalue weighted by Gasteiger charge is 2.38. The van der Waals surface area contributed by atoms with Gasteiger partial charge in [-0.3, -0.25) is 9.53 Å².